The van der Waals surface area contributed by atoms with Crippen molar-refractivity contribution < 1.29 is 4.74 Å². The average Bonchev–Trinajstić information content (AvgIpc) is 2.73. The maximum atomic E-state index is 6.25. The maximum Gasteiger partial charge on any atom is 0.137 e. The lowest BCUT2D eigenvalue weighted by atomic mass is 10.2. The van der Waals surface area contributed by atoms with Crippen LogP contribution in [0.3, 0.4) is 0 Å². The highest BCUT2D eigenvalue weighted by Crippen LogP contribution is 2.31. The van der Waals surface area contributed by atoms with Crippen LogP contribution in [0.1, 0.15) is 37.6 Å². The van der Waals surface area contributed by atoms with Gasteiger partial charge in [0.25, 0.3) is 0 Å². The summed E-state index contributed by atoms with van der Waals surface area (Å²) in [5.41, 5.74) is 0.989. The molecule has 2 saturated heterocycles. The van der Waals surface area contributed by atoms with E-state index < -0.39 is 0 Å². The van der Waals surface area contributed by atoms with E-state index in [1.54, 1.807) is 0 Å². The summed E-state index contributed by atoms with van der Waals surface area (Å²) in [7, 11) is 0. The monoisotopic (exact) mass is 281 g/mol. The Morgan fingerprint density at radius 1 is 1.26 bits per heavy atom. The van der Waals surface area contributed by atoms with Crippen LogP contribution < -0.4 is 4.90 Å². The van der Waals surface area contributed by atoms with Crippen molar-refractivity contribution in [3.63, 3.8) is 0 Å². The van der Waals surface area contributed by atoms with E-state index >= 15 is 0 Å². The Hall–Kier alpha value is -0.870. The van der Waals surface area contributed by atoms with Gasteiger partial charge >= 0.3 is 0 Å². The van der Waals surface area contributed by atoms with Crippen molar-refractivity contribution in [3.05, 3.63) is 16.5 Å². The van der Waals surface area contributed by atoms with E-state index in [0.29, 0.717) is 17.4 Å². The molecule has 1 aromatic heterocycles. The number of morpholine rings is 1. The lowest BCUT2D eigenvalue weighted by Crippen LogP contribution is -2.43. The Balaban J connectivity index is 1.90. The van der Waals surface area contributed by atoms with Crippen molar-refractivity contribution >= 4 is 17.4 Å². The van der Waals surface area contributed by atoms with E-state index in [1.165, 1.54) is 12.8 Å². The molecule has 2 unspecified atom stereocenters. The van der Waals surface area contributed by atoms with Gasteiger partial charge in [-0.05, 0) is 26.2 Å². The summed E-state index contributed by atoms with van der Waals surface area (Å²) in [6.07, 6.45) is 4.97. The molecule has 4 nitrogen and oxygen atoms in total. The zero-order valence-electron chi connectivity index (χ0n) is 11.5. The third kappa shape index (κ3) is 2.56. The molecular formula is C14H20ClN3O. The number of hydrogen-bond donors (Lipinski definition) is 0. The van der Waals surface area contributed by atoms with Gasteiger partial charge < -0.3 is 9.64 Å². The fourth-order valence-electron chi connectivity index (χ4n) is 2.95. The van der Waals surface area contributed by atoms with Crippen LogP contribution in [0.4, 0.5) is 5.82 Å². The van der Waals surface area contributed by atoms with Crippen molar-refractivity contribution in [2.24, 2.45) is 0 Å². The van der Waals surface area contributed by atoms with Crippen LogP contribution in [-0.2, 0) is 11.2 Å². The summed E-state index contributed by atoms with van der Waals surface area (Å²) >= 11 is 6.25. The molecule has 0 spiro atoms. The van der Waals surface area contributed by atoms with Crippen LogP contribution in [-0.4, -0.2) is 35.3 Å². The number of halogens is 1. The van der Waals surface area contributed by atoms with E-state index in [9.17, 15) is 0 Å². The molecule has 104 valence electrons. The second-order valence-electron chi connectivity index (χ2n) is 5.49. The summed E-state index contributed by atoms with van der Waals surface area (Å²) in [6.45, 7) is 5.99. The first kappa shape index (κ1) is 13.1. The molecular weight excluding hydrogens is 262 g/mol. The number of anilines is 1. The summed E-state index contributed by atoms with van der Waals surface area (Å²) in [6, 6.07) is 0. The zero-order chi connectivity index (χ0) is 13.4. The highest BCUT2D eigenvalue weighted by atomic mass is 35.5. The molecule has 0 N–H and O–H groups in total. The minimum Gasteiger partial charge on any atom is -0.371 e. The molecule has 2 aliphatic heterocycles. The number of rotatable bonds is 3. The zero-order valence-corrected chi connectivity index (χ0v) is 12.3. The second-order valence-corrected chi connectivity index (χ2v) is 5.85. The minimum atomic E-state index is 0.363. The summed E-state index contributed by atoms with van der Waals surface area (Å²) in [5, 5.41) is 0.590. The molecule has 2 aliphatic rings. The van der Waals surface area contributed by atoms with Crippen molar-refractivity contribution in [3.8, 4) is 0 Å². The van der Waals surface area contributed by atoms with Gasteiger partial charge in [-0.15, -0.1) is 0 Å². The first-order chi connectivity index (χ1) is 9.17. The predicted molar refractivity (Wildman–Crippen MR) is 75.9 cm³/mol. The number of hydrogen-bond acceptors (Lipinski definition) is 4. The number of nitrogens with zero attached hydrogens (tertiary/aromatic N) is 3. The van der Waals surface area contributed by atoms with Crippen LogP contribution >= 0.6 is 11.6 Å². The Bertz CT molecular complexity index is 468. The first-order valence-corrected chi connectivity index (χ1v) is 7.48. The lowest BCUT2D eigenvalue weighted by Gasteiger charge is -2.34. The minimum absolute atomic E-state index is 0.363. The first-order valence-electron chi connectivity index (χ1n) is 7.10. The van der Waals surface area contributed by atoms with E-state index in [4.69, 9.17) is 21.3 Å². The van der Waals surface area contributed by atoms with Gasteiger partial charge in [-0.25, -0.2) is 9.97 Å². The highest BCUT2D eigenvalue weighted by molar-refractivity contribution is 6.30. The Morgan fingerprint density at radius 3 is 2.58 bits per heavy atom. The Morgan fingerprint density at radius 2 is 1.95 bits per heavy atom. The van der Waals surface area contributed by atoms with Gasteiger partial charge in [-0.1, -0.05) is 18.5 Å². The molecule has 2 atom stereocenters. The van der Waals surface area contributed by atoms with Crippen LogP contribution in [0.15, 0.2) is 0 Å². The molecule has 0 radical (unpaired) electrons. The molecule has 5 heteroatoms. The Kier molecular flexibility index (Phi) is 3.63. The number of fused-ring (bicyclic) bond motifs is 2. The van der Waals surface area contributed by atoms with Crippen LogP contribution in [0.2, 0.25) is 5.15 Å². The van der Waals surface area contributed by atoms with Crippen LogP contribution in [0.25, 0.3) is 0 Å². The molecule has 1 aromatic rings. The third-order valence-corrected chi connectivity index (χ3v) is 4.29. The molecule has 0 amide bonds. The lowest BCUT2D eigenvalue weighted by molar-refractivity contribution is 0.0301. The molecule has 0 saturated carbocycles. The molecule has 0 aliphatic carbocycles. The van der Waals surface area contributed by atoms with Crippen molar-refractivity contribution in [1.82, 2.24) is 9.97 Å². The second kappa shape index (κ2) is 5.25. The maximum absolute atomic E-state index is 6.25. The van der Waals surface area contributed by atoms with Crippen molar-refractivity contribution in [1.29, 1.82) is 0 Å². The molecule has 19 heavy (non-hydrogen) atoms. The van der Waals surface area contributed by atoms with E-state index in [0.717, 1.165) is 43.1 Å². The topological polar surface area (TPSA) is 38.2 Å². The van der Waals surface area contributed by atoms with E-state index in [-0.39, 0.29) is 0 Å². The van der Waals surface area contributed by atoms with E-state index in [1.807, 2.05) is 6.92 Å². The number of aryl methyl sites for hydroxylation is 1. The summed E-state index contributed by atoms with van der Waals surface area (Å²) < 4.78 is 5.88. The molecule has 3 rings (SSSR count). The SMILES string of the molecule is CCCc1nc(Cl)c(C)c(N2CC3CCC(C2)O3)n1. The fraction of sp³-hybridized carbons (Fsp3) is 0.714. The fourth-order valence-corrected chi connectivity index (χ4v) is 3.13. The quantitative estimate of drug-likeness (QED) is 0.799. The van der Waals surface area contributed by atoms with Gasteiger partial charge in [0.05, 0.1) is 12.2 Å². The molecule has 3 heterocycles. The molecule has 0 aromatic carbocycles. The van der Waals surface area contributed by atoms with Crippen LogP contribution in [0, 0.1) is 6.92 Å². The molecule has 2 bridgehead atoms. The van der Waals surface area contributed by atoms with Crippen molar-refractivity contribution in [2.75, 3.05) is 18.0 Å². The van der Waals surface area contributed by atoms with Crippen LogP contribution in [0.5, 0.6) is 0 Å². The predicted octanol–water partition coefficient (Wildman–Crippen LogP) is 2.76. The smallest absolute Gasteiger partial charge is 0.137 e. The van der Waals surface area contributed by atoms with Gasteiger partial charge in [-0.3, -0.25) is 0 Å². The summed E-state index contributed by atoms with van der Waals surface area (Å²) in [4.78, 5) is 11.4. The number of ether oxygens (including phenoxy) is 1. The van der Waals surface area contributed by atoms with Gasteiger partial charge in [0.1, 0.15) is 16.8 Å². The van der Waals surface area contributed by atoms with Gasteiger partial charge in [0.15, 0.2) is 0 Å². The Labute approximate surface area is 119 Å². The van der Waals surface area contributed by atoms with Gasteiger partial charge in [0.2, 0.25) is 0 Å². The standard InChI is InChI=1S/C14H20ClN3O/c1-3-4-12-16-13(15)9(2)14(17-12)18-7-10-5-6-11(8-18)19-10/h10-11H,3-8H2,1-2H3. The molecule has 2 fully saturated rings. The van der Waals surface area contributed by atoms with Gasteiger partial charge in [-0.2, -0.15) is 0 Å². The van der Waals surface area contributed by atoms with Crippen molar-refractivity contribution in [2.45, 2.75) is 51.7 Å². The normalized spacial score (nSPS) is 25.9. The number of aromatic nitrogens is 2. The van der Waals surface area contributed by atoms with Gasteiger partial charge in [0, 0.05) is 25.1 Å². The summed E-state index contributed by atoms with van der Waals surface area (Å²) in [5.74, 6) is 1.86. The van der Waals surface area contributed by atoms with E-state index in [2.05, 4.69) is 16.8 Å². The highest BCUT2D eigenvalue weighted by Gasteiger charge is 2.35. The third-order valence-electron chi connectivity index (χ3n) is 3.92. The largest absolute Gasteiger partial charge is 0.371 e. The average molecular weight is 282 g/mol.